The smallest absolute Gasteiger partial charge is 0.171 e. The zero-order valence-corrected chi connectivity index (χ0v) is 13.6. The summed E-state index contributed by atoms with van der Waals surface area (Å²) in [5.74, 6) is 0.449. The van der Waals surface area contributed by atoms with E-state index in [1.165, 1.54) is 11.1 Å². The first-order chi connectivity index (χ1) is 10.1. The van der Waals surface area contributed by atoms with E-state index in [2.05, 4.69) is 67.8 Å². The second-order valence-corrected chi connectivity index (χ2v) is 6.01. The summed E-state index contributed by atoms with van der Waals surface area (Å²) in [6, 6.07) is 18.8. The van der Waals surface area contributed by atoms with Gasteiger partial charge in [-0.05, 0) is 42.8 Å². The summed E-state index contributed by atoms with van der Waals surface area (Å²) in [4.78, 5) is 0. The number of nitrogens with one attached hydrogen (secondary N) is 2. The Hall–Kier alpha value is -1.87. The van der Waals surface area contributed by atoms with Gasteiger partial charge < -0.3 is 10.6 Å². The Kier molecular flexibility index (Phi) is 5.34. The molecule has 0 spiro atoms. The van der Waals surface area contributed by atoms with Gasteiger partial charge in [0.2, 0.25) is 0 Å². The molecule has 0 aliphatic heterocycles. The van der Waals surface area contributed by atoms with Crippen molar-refractivity contribution in [1.82, 2.24) is 5.32 Å². The molecule has 0 aliphatic rings. The van der Waals surface area contributed by atoms with Crippen molar-refractivity contribution in [3.8, 4) is 0 Å². The van der Waals surface area contributed by atoms with Gasteiger partial charge in [-0.1, -0.05) is 61.9 Å². The van der Waals surface area contributed by atoms with Crippen LogP contribution < -0.4 is 10.6 Å². The molecule has 2 nitrogen and oxygen atoms in total. The van der Waals surface area contributed by atoms with E-state index >= 15 is 0 Å². The highest BCUT2D eigenvalue weighted by atomic mass is 32.1. The third-order valence-corrected chi connectivity index (χ3v) is 3.64. The third-order valence-electron chi connectivity index (χ3n) is 3.42. The van der Waals surface area contributed by atoms with Gasteiger partial charge in [0, 0.05) is 5.69 Å². The monoisotopic (exact) mass is 298 g/mol. The van der Waals surface area contributed by atoms with E-state index in [-0.39, 0.29) is 6.04 Å². The maximum Gasteiger partial charge on any atom is 0.171 e. The van der Waals surface area contributed by atoms with Gasteiger partial charge >= 0.3 is 0 Å². The first-order valence-corrected chi connectivity index (χ1v) is 7.66. The van der Waals surface area contributed by atoms with Crippen molar-refractivity contribution < 1.29 is 0 Å². The van der Waals surface area contributed by atoms with Gasteiger partial charge in [-0.25, -0.2) is 0 Å². The number of thiocarbonyl (C=S) groups is 1. The lowest BCUT2D eigenvalue weighted by atomic mass is 9.96. The molecule has 0 aliphatic carbocycles. The Labute approximate surface area is 132 Å². The molecule has 0 saturated heterocycles. The largest absolute Gasteiger partial charge is 0.355 e. The molecule has 2 N–H and O–H groups in total. The number of anilines is 1. The molecule has 21 heavy (non-hydrogen) atoms. The number of aryl methyl sites for hydroxylation is 1. The highest BCUT2D eigenvalue weighted by Crippen LogP contribution is 2.21. The minimum atomic E-state index is 0.205. The fourth-order valence-corrected chi connectivity index (χ4v) is 2.49. The van der Waals surface area contributed by atoms with E-state index < -0.39 is 0 Å². The second kappa shape index (κ2) is 7.23. The van der Waals surface area contributed by atoms with Crippen LogP contribution in [0, 0.1) is 12.8 Å². The van der Waals surface area contributed by atoms with E-state index in [4.69, 9.17) is 12.2 Å². The average molecular weight is 298 g/mol. The molecule has 3 heteroatoms. The molecule has 1 atom stereocenters. The first-order valence-electron chi connectivity index (χ1n) is 7.25. The Morgan fingerprint density at radius 3 is 2.14 bits per heavy atom. The van der Waals surface area contributed by atoms with Crippen LogP contribution in [-0.2, 0) is 0 Å². The molecule has 2 aromatic carbocycles. The van der Waals surface area contributed by atoms with Gasteiger partial charge in [-0.2, -0.15) is 0 Å². The van der Waals surface area contributed by atoms with E-state index in [1.54, 1.807) is 0 Å². The molecular weight excluding hydrogens is 276 g/mol. The van der Waals surface area contributed by atoms with Gasteiger partial charge in [-0.15, -0.1) is 0 Å². The van der Waals surface area contributed by atoms with Crippen LogP contribution in [0.25, 0.3) is 0 Å². The summed E-state index contributed by atoms with van der Waals surface area (Å²) in [5, 5.41) is 7.31. The van der Waals surface area contributed by atoms with Crippen LogP contribution in [0.15, 0.2) is 54.6 Å². The molecule has 0 bridgehead atoms. The molecule has 2 aromatic rings. The van der Waals surface area contributed by atoms with Crippen LogP contribution in [0.2, 0.25) is 0 Å². The first kappa shape index (κ1) is 15.5. The van der Waals surface area contributed by atoms with Crippen molar-refractivity contribution in [3.63, 3.8) is 0 Å². The molecule has 0 unspecified atom stereocenters. The molecule has 0 amide bonds. The van der Waals surface area contributed by atoms with Gasteiger partial charge in [0.05, 0.1) is 6.04 Å². The van der Waals surface area contributed by atoms with Crippen molar-refractivity contribution in [2.75, 3.05) is 5.32 Å². The van der Waals surface area contributed by atoms with Crippen LogP contribution >= 0.6 is 12.2 Å². The van der Waals surface area contributed by atoms with Crippen LogP contribution in [0.3, 0.4) is 0 Å². The summed E-state index contributed by atoms with van der Waals surface area (Å²) in [6.45, 7) is 6.46. The van der Waals surface area contributed by atoms with E-state index in [9.17, 15) is 0 Å². The zero-order chi connectivity index (χ0) is 15.2. The second-order valence-electron chi connectivity index (χ2n) is 5.60. The lowest BCUT2D eigenvalue weighted by Crippen LogP contribution is -2.34. The Morgan fingerprint density at radius 2 is 1.57 bits per heavy atom. The number of hydrogen-bond acceptors (Lipinski definition) is 1. The highest BCUT2D eigenvalue weighted by molar-refractivity contribution is 7.80. The van der Waals surface area contributed by atoms with Crippen molar-refractivity contribution in [1.29, 1.82) is 0 Å². The Morgan fingerprint density at radius 1 is 0.952 bits per heavy atom. The average Bonchev–Trinajstić information content (AvgIpc) is 2.48. The van der Waals surface area contributed by atoms with E-state index in [1.807, 2.05) is 18.2 Å². The van der Waals surface area contributed by atoms with Crippen LogP contribution in [-0.4, -0.2) is 5.11 Å². The van der Waals surface area contributed by atoms with Crippen molar-refractivity contribution >= 4 is 23.0 Å². The van der Waals surface area contributed by atoms with Gasteiger partial charge in [0.1, 0.15) is 0 Å². The minimum Gasteiger partial charge on any atom is -0.355 e. The highest BCUT2D eigenvalue weighted by Gasteiger charge is 2.16. The predicted molar refractivity (Wildman–Crippen MR) is 94.6 cm³/mol. The quantitative estimate of drug-likeness (QED) is 0.802. The SMILES string of the molecule is Cc1ccc(NC(=S)N[C@H](c2ccccc2)C(C)C)cc1. The minimum absolute atomic E-state index is 0.205. The maximum atomic E-state index is 5.44. The Balaban J connectivity index is 2.03. The fraction of sp³-hybridized carbons (Fsp3) is 0.278. The normalized spacial score (nSPS) is 12.0. The fourth-order valence-electron chi connectivity index (χ4n) is 2.24. The van der Waals surface area contributed by atoms with Crippen LogP contribution in [0.4, 0.5) is 5.69 Å². The van der Waals surface area contributed by atoms with E-state index in [0.29, 0.717) is 11.0 Å². The predicted octanol–water partition coefficient (Wildman–Crippen LogP) is 4.68. The van der Waals surface area contributed by atoms with Crippen molar-refractivity contribution in [3.05, 3.63) is 65.7 Å². The van der Waals surface area contributed by atoms with E-state index in [0.717, 1.165) is 5.69 Å². The summed E-state index contributed by atoms with van der Waals surface area (Å²) in [5.41, 5.74) is 3.50. The van der Waals surface area contributed by atoms with Crippen LogP contribution in [0.1, 0.15) is 31.0 Å². The van der Waals surface area contributed by atoms with Gasteiger partial charge in [-0.3, -0.25) is 0 Å². The molecule has 0 aromatic heterocycles. The molecule has 0 saturated carbocycles. The zero-order valence-electron chi connectivity index (χ0n) is 12.8. The number of hydrogen-bond donors (Lipinski definition) is 2. The molecule has 110 valence electrons. The lowest BCUT2D eigenvalue weighted by molar-refractivity contribution is 0.473. The lowest BCUT2D eigenvalue weighted by Gasteiger charge is -2.24. The van der Waals surface area contributed by atoms with Crippen molar-refractivity contribution in [2.24, 2.45) is 5.92 Å². The summed E-state index contributed by atoms with van der Waals surface area (Å²) in [6.07, 6.45) is 0. The van der Waals surface area contributed by atoms with Crippen LogP contribution in [0.5, 0.6) is 0 Å². The van der Waals surface area contributed by atoms with Gasteiger partial charge in [0.25, 0.3) is 0 Å². The number of rotatable bonds is 4. The number of benzene rings is 2. The summed E-state index contributed by atoms with van der Waals surface area (Å²) < 4.78 is 0. The molecular formula is C18H22N2S. The molecule has 0 radical (unpaired) electrons. The third kappa shape index (κ3) is 4.57. The molecule has 2 rings (SSSR count). The molecule has 0 fully saturated rings. The maximum absolute atomic E-state index is 5.44. The summed E-state index contributed by atoms with van der Waals surface area (Å²) in [7, 11) is 0. The standard InChI is InChI=1S/C18H22N2S/c1-13(2)17(15-7-5-4-6-8-15)20-18(21)19-16-11-9-14(3)10-12-16/h4-13,17H,1-3H3,(H2,19,20,21)/t17-/m0/s1. The Bertz CT molecular complexity index is 576. The topological polar surface area (TPSA) is 24.1 Å². The van der Waals surface area contributed by atoms with Crippen molar-refractivity contribution in [2.45, 2.75) is 26.8 Å². The molecule has 0 heterocycles. The van der Waals surface area contributed by atoms with Gasteiger partial charge in [0.15, 0.2) is 5.11 Å². The summed E-state index contributed by atoms with van der Waals surface area (Å²) >= 11 is 5.44.